The van der Waals surface area contributed by atoms with Gasteiger partial charge in [-0.1, -0.05) is 6.42 Å². The minimum Gasteiger partial charge on any atom is -0.463 e. The Hall–Kier alpha value is -0.570. The summed E-state index contributed by atoms with van der Waals surface area (Å²) in [6.45, 7) is 0.179. The van der Waals surface area contributed by atoms with Crippen LogP contribution in [0, 0.1) is 0 Å². The Kier molecular flexibility index (Phi) is 2.68. The van der Waals surface area contributed by atoms with Crippen LogP contribution in [0.15, 0.2) is 0 Å². The van der Waals surface area contributed by atoms with Gasteiger partial charge in [0.05, 0.1) is 6.10 Å². The van der Waals surface area contributed by atoms with Crippen molar-refractivity contribution < 1.29 is 14.6 Å². The molecule has 3 heteroatoms. The molecule has 1 atom stereocenters. The van der Waals surface area contributed by atoms with Crippen molar-refractivity contribution in [1.82, 2.24) is 0 Å². The molecule has 0 aromatic heterocycles. The number of hydrogen-bond donors (Lipinski definition) is 1. The number of carbonyl (C=O) groups excluding carboxylic acids is 1. The highest BCUT2D eigenvalue weighted by Gasteiger charge is 2.12. The molecule has 1 fully saturated rings. The summed E-state index contributed by atoms with van der Waals surface area (Å²) in [6.07, 6.45) is 2.59. The molecule has 1 aliphatic rings. The van der Waals surface area contributed by atoms with Gasteiger partial charge in [-0.05, 0) is 12.8 Å². The van der Waals surface area contributed by atoms with Crippen molar-refractivity contribution in [3.8, 4) is 0 Å². The van der Waals surface area contributed by atoms with Crippen molar-refractivity contribution in [1.29, 1.82) is 0 Å². The second kappa shape index (κ2) is 3.56. The average Bonchev–Trinajstić information content (AvgIpc) is 1.90. The number of hydrogen-bond acceptors (Lipinski definition) is 3. The lowest BCUT2D eigenvalue weighted by molar-refractivity contribution is -0.148. The highest BCUT2D eigenvalue weighted by Crippen LogP contribution is 2.08. The highest BCUT2D eigenvalue weighted by molar-refractivity contribution is 5.69. The van der Waals surface area contributed by atoms with Crippen LogP contribution in [-0.4, -0.2) is 23.8 Å². The Morgan fingerprint density at radius 2 is 2.30 bits per heavy atom. The van der Waals surface area contributed by atoms with Crippen LogP contribution in [0.1, 0.15) is 25.7 Å². The molecule has 0 amide bonds. The molecule has 58 valence electrons. The van der Waals surface area contributed by atoms with Crippen LogP contribution in [0.4, 0.5) is 0 Å². The SMILES string of the molecule is O=C1CCCCC(O)CO1. The molecule has 10 heavy (non-hydrogen) atoms. The van der Waals surface area contributed by atoms with Crippen LogP contribution in [-0.2, 0) is 9.53 Å². The largest absolute Gasteiger partial charge is 0.463 e. The van der Waals surface area contributed by atoms with E-state index in [1.165, 1.54) is 0 Å². The van der Waals surface area contributed by atoms with Crippen LogP contribution in [0.2, 0.25) is 0 Å². The summed E-state index contributed by atoms with van der Waals surface area (Å²) in [5.74, 6) is -0.182. The Labute approximate surface area is 60.0 Å². The molecule has 0 spiro atoms. The monoisotopic (exact) mass is 144 g/mol. The van der Waals surface area contributed by atoms with Crippen molar-refractivity contribution in [3.05, 3.63) is 0 Å². The van der Waals surface area contributed by atoms with Gasteiger partial charge in [0.15, 0.2) is 0 Å². The van der Waals surface area contributed by atoms with Crippen molar-refractivity contribution >= 4 is 5.97 Å². The topological polar surface area (TPSA) is 46.5 Å². The van der Waals surface area contributed by atoms with Crippen molar-refractivity contribution in [3.63, 3.8) is 0 Å². The zero-order chi connectivity index (χ0) is 7.40. The van der Waals surface area contributed by atoms with Crippen molar-refractivity contribution in [2.24, 2.45) is 0 Å². The Morgan fingerprint density at radius 3 is 3.10 bits per heavy atom. The summed E-state index contributed by atoms with van der Waals surface area (Å²) >= 11 is 0. The van der Waals surface area contributed by atoms with Gasteiger partial charge in [-0.25, -0.2) is 0 Å². The standard InChI is InChI=1S/C7H12O3/c8-6-3-1-2-4-7(9)10-5-6/h6,8H,1-5H2. The molecule has 0 radical (unpaired) electrons. The molecule has 0 saturated carbocycles. The summed E-state index contributed by atoms with van der Waals surface area (Å²) < 4.78 is 4.71. The van der Waals surface area contributed by atoms with Gasteiger partial charge in [0.1, 0.15) is 6.61 Å². The molecule has 3 nitrogen and oxygen atoms in total. The van der Waals surface area contributed by atoms with Gasteiger partial charge in [-0.2, -0.15) is 0 Å². The fraction of sp³-hybridized carbons (Fsp3) is 0.857. The summed E-state index contributed by atoms with van der Waals surface area (Å²) in [5, 5.41) is 9.05. The fourth-order valence-electron chi connectivity index (χ4n) is 0.994. The molecule has 1 saturated heterocycles. The van der Waals surface area contributed by atoms with Gasteiger partial charge < -0.3 is 9.84 Å². The molecule has 0 bridgehead atoms. The maximum absolute atomic E-state index is 10.6. The lowest BCUT2D eigenvalue weighted by Crippen LogP contribution is -2.20. The first-order valence-electron chi connectivity index (χ1n) is 3.63. The Bertz CT molecular complexity index is 122. The third-order valence-corrected chi connectivity index (χ3v) is 1.60. The lowest BCUT2D eigenvalue weighted by atomic mass is 10.1. The number of rotatable bonds is 0. The molecule has 1 heterocycles. The van der Waals surface area contributed by atoms with E-state index in [-0.39, 0.29) is 12.6 Å². The maximum atomic E-state index is 10.6. The molecule has 1 unspecified atom stereocenters. The molecule has 0 aromatic carbocycles. The van der Waals surface area contributed by atoms with E-state index in [0.29, 0.717) is 6.42 Å². The van der Waals surface area contributed by atoms with Gasteiger partial charge in [0, 0.05) is 6.42 Å². The van der Waals surface area contributed by atoms with Gasteiger partial charge in [0.25, 0.3) is 0 Å². The molecule has 1 rings (SSSR count). The van der Waals surface area contributed by atoms with Gasteiger partial charge >= 0.3 is 5.97 Å². The highest BCUT2D eigenvalue weighted by atomic mass is 16.5. The quantitative estimate of drug-likeness (QED) is 0.502. The van der Waals surface area contributed by atoms with E-state index in [2.05, 4.69) is 0 Å². The minimum atomic E-state index is -0.441. The lowest BCUT2D eigenvalue weighted by Gasteiger charge is -2.13. The summed E-state index contributed by atoms with van der Waals surface area (Å²) in [7, 11) is 0. The maximum Gasteiger partial charge on any atom is 0.305 e. The van der Waals surface area contributed by atoms with E-state index in [0.717, 1.165) is 19.3 Å². The molecular weight excluding hydrogens is 132 g/mol. The van der Waals surface area contributed by atoms with E-state index in [1.54, 1.807) is 0 Å². The number of carbonyl (C=O) groups is 1. The predicted molar refractivity (Wildman–Crippen MR) is 35.4 cm³/mol. The number of aliphatic hydroxyl groups excluding tert-OH is 1. The zero-order valence-corrected chi connectivity index (χ0v) is 5.88. The average molecular weight is 144 g/mol. The zero-order valence-electron chi connectivity index (χ0n) is 5.88. The third kappa shape index (κ3) is 2.35. The van der Waals surface area contributed by atoms with Crippen LogP contribution < -0.4 is 0 Å². The smallest absolute Gasteiger partial charge is 0.305 e. The normalized spacial score (nSPS) is 28.5. The molecule has 0 aromatic rings. The minimum absolute atomic E-state index is 0.179. The number of esters is 1. The predicted octanol–water partition coefficient (Wildman–Crippen LogP) is 0.464. The Morgan fingerprint density at radius 1 is 1.50 bits per heavy atom. The Balaban J connectivity index is 2.29. The van der Waals surface area contributed by atoms with E-state index in [4.69, 9.17) is 9.84 Å². The second-order valence-corrected chi connectivity index (χ2v) is 2.58. The van der Waals surface area contributed by atoms with Crippen LogP contribution >= 0.6 is 0 Å². The van der Waals surface area contributed by atoms with Crippen molar-refractivity contribution in [2.75, 3.05) is 6.61 Å². The molecule has 1 N–H and O–H groups in total. The molecule has 1 aliphatic heterocycles. The van der Waals surface area contributed by atoms with Crippen LogP contribution in [0.5, 0.6) is 0 Å². The van der Waals surface area contributed by atoms with Crippen molar-refractivity contribution in [2.45, 2.75) is 31.8 Å². The number of cyclic esters (lactones) is 1. The first kappa shape index (κ1) is 7.54. The van der Waals surface area contributed by atoms with E-state index in [1.807, 2.05) is 0 Å². The summed E-state index contributed by atoms with van der Waals surface area (Å²) in [5.41, 5.74) is 0. The van der Waals surface area contributed by atoms with Gasteiger partial charge in [-0.3, -0.25) is 4.79 Å². The fourth-order valence-corrected chi connectivity index (χ4v) is 0.994. The summed E-state index contributed by atoms with van der Waals surface area (Å²) in [4.78, 5) is 10.6. The van der Waals surface area contributed by atoms with Crippen LogP contribution in [0.3, 0.4) is 0 Å². The second-order valence-electron chi connectivity index (χ2n) is 2.58. The molecule has 0 aliphatic carbocycles. The summed E-state index contributed by atoms with van der Waals surface area (Å²) in [6, 6.07) is 0. The van der Waals surface area contributed by atoms with E-state index in [9.17, 15) is 4.79 Å². The third-order valence-electron chi connectivity index (χ3n) is 1.60. The first-order valence-corrected chi connectivity index (χ1v) is 3.63. The number of aliphatic hydroxyl groups is 1. The van der Waals surface area contributed by atoms with Gasteiger partial charge in [0.2, 0.25) is 0 Å². The van der Waals surface area contributed by atoms with Crippen LogP contribution in [0.25, 0.3) is 0 Å². The first-order chi connectivity index (χ1) is 4.79. The van der Waals surface area contributed by atoms with E-state index >= 15 is 0 Å². The van der Waals surface area contributed by atoms with Gasteiger partial charge in [-0.15, -0.1) is 0 Å². The van der Waals surface area contributed by atoms with E-state index < -0.39 is 6.10 Å². The number of ether oxygens (including phenoxy) is 1. The molecular formula is C7H12O3.